The third kappa shape index (κ3) is 4.42. The quantitative estimate of drug-likeness (QED) is 0.492. The Morgan fingerprint density at radius 1 is 1.07 bits per heavy atom. The summed E-state index contributed by atoms with van der Waals surface area (Å²) in [5.74, 6) is 0. The fraction of sp³-hybridized carbons (Fsp3) is 0.480. The summed E-state index contributed by atoms with van der Waals surface area (Å²) in [6.45, 7) is 5.66. The van der Waals surface area contributed by atoms with Crippen LogP contribution in [0.1, 0.15) is 63.1 Å². The molecule has 2 aliphatic heterocycles. The summed E-state index contributed by atoms with van der Waals surface area (Å²) in [6.07, 6.45) is 4.45. The second-order valence-electron chi connectivity index (χ2n) is 8.83. The lowest BCUT2D eigenvalue weighted by molar-refractivity contribution is -0.140. The first-order chi connectivity index (χ1) is 14.4. The first-order valence-corrected chi connectivity index (χ1v) is 11.6. The minimum atomic E-state index is -0.652. The van der Waals surface area contributed by atoms with Crippen LogP contribution in [0.25, 0.3) is 0 Å². The van der Waals surface area contributed by atoms with Crippen molar-refractivity contribution < 1.29 is 14.3 Å². The largest absolute Gasteiger partial charge is 0.438 e. The molecule has 2 aromatic rings. The third-order valence-corrected chi connectivity index (χ3v) is 7.13. The number of benzene rings is 2. The van der Waals surface area contributed by atoms with Gasteiger partial charge in [0.1, 0.15) is 5.60 Å². The fourth-order valence-electron chi connectivity index (χ4n) is 4.85. The van der Waals surface area contributed by atoms with Gasteiger partial charge in [-0.05, 0) is 56.4 Å². The van der Waals surface area contributed by atoms with E-state index in [0.717, 1.165) is 47.9 Å². The van der Waals surface area contributed by atoms with E-state index in [9.17, 15) is 4.79 Å². The van der Waals surface area contributed by atoms with E-state index in [1.54, 1.807) is 0 Å². The number of carbonyl (C=O) groups excluding carboxylic acids is 1. The van der Waals surface area contributed by atoms with Gasteiger partial charge in [-0.3, -0.25) is 0 Å². The van der Waals surface area contributed by atoms with E-state index in [4.69, 9.17) is 9.47 Å². The Kier molecular flexibility index (Phi) is 6.21. The molecular weight excluding hydrogens is 442 g/mol. The van der Waals surface area contributed by atoms with Crippen LogP contribution in [0.2, 0.25) is 0 Å². The monoisotopic (exact) mass is 471 g/mol. The van der Waals surface area contributed by atoms with Gasteiger partial charge in [0.2, 0.25) is 0 Å². The number of hydrogen-bond donors (Lipinski definition) is 0. The summed E-state index contributed by atoms with van der Waals surface area (Å²) in [5.41, 5.74) is 1.24. The minimum absolute atomic E-state index is 0.0408. The molecule has 0 spiro atoms. The Bertz CT molecular complexity index is 864. The number of rotatable bonds is 5. The molecule has 2 aliphatic rings. The van der Waals surface area contributed by atoms with E-state index in [2.05, 4.69) is 54.0 Å². The van der Waals surface area contributed by atoms with E-state index in [0.29, 0.717) is 13.0 Å². The molecule has 0 saturated carbocycles. The van der Waals surface area contributed by atoms with Crippen LogP contribution in [0.5, 0.6) is 0 Å². The molecule has 5 heteroatoms. The molecule has 4 rings (SSSR count). The lowest BCUT2D eigenvalue weighted by atomic mass is 9.77. The van der Waals surface area contributed by atoms with Gasteiger partial charge >= 0.3 is 6.09 Å². The highest BCUT2D eigenvalue weighted by Crippen LogP contribution is 2.45. The molecule has 1 amide bonds. The number of ether oxygens (including phenoxy) is 2. The lowest BCUT2D eigenvalue weighted by Crippen LogP contribution is -2.52. The zero-order chi connectivity index (χ0) is 21.2. The lowest BCUT2D eigenvalue weighted by Gasteiger charge is -2.47. The molecule has 0 aromatic heterocycles. The van der Waals surface area contributed by atoms with Gasteiger partial charge in [-0.25, -0.2) is 4.79 Å². The van der Waals surface area contributed by atoms with Crippen LogP contribution in [0.4, 0.5) is 4.79 Å². The van der Waals surface area contributed by atoms with E-state index in [1.807, 2.05) is 35.2 Å². The molecule has 0 N–H and O–H groups in total. The molecule has 4 nitrogen and oxygen atoms in total. The first kappa shape index (κ1) is 21.4. The molecule has 2 heterocycles. The van der Waals surface area contributed by atoms with Crippen molar-refractivity contribution in [3.05, 3.63) is 70.2 Å². The molecule has 0 radical (unpaired) electrons. The average Bonchev–Trinajstić information content (AvgIpc) is 2.75. The summed E-state index contributed by atoms with van der Waals surface area (Å²) < 4.78 is 13.5. The molecular formula is C25H30BrNO3. The first-order valence-electron chi connectivity index (χ1n) is 10.9. The Morgan fingerprint density at radius 3 is 2.43 bits per heavy atom. The molecule has 0 aliphatic carbocycles. The summed E-state index contributed by atoms with van der Waals surface area (Å²) in [5, 5.41) is 0. The maximum Gasteiger partial charge on any atom is 0.411 e. The van der Waals surface area contributed by atoms with Gasteiger partial charge in [0.05, 0.1) is 11.6 Å². The topological polar surface area (TPSA) is 38.8 Å². The Hall–Kier alpha value is -1.85. The molecule has 0 bridgehead atoms. The summed E-state index contributed by atoms with van der Waals surface area (Å²) in [4.78, 5) is 15.1. The number of amides is 1. The Morgan fingerprint density at radius 2 is 1.80 bits per heavy atom. The molecule has 3 atom stereocenters. The van der Waals surface area contributed by atoms with Crippen molar-refractivity contribution in [2.45, 2.75) is 63.2 Å². The van der Waals surface area contributed by atoms with Gasteiger partial charge in [-0.15, -0.1) is 0 Å². The highest BCUT2D eigenvalue weighted by atomic mass is 79.9. The molecule has 160 valence electrons. The summed E-state index contributed by atoms with van der Waals surface area (Å²) in [7, 11) is 0. The second kappa shape index (κ2) is 8.72. The van der Waals surface area contributed by atoms with Crippen LogP contribution in [0.15, 0.2) is 59.1 Å². The van der Waals surface area contributed by atoms with Gasteiger partial charge in [-0.1, -0.05) is 58.4 Å². The predicted molar refractivity (Wildman–Crippen MR) is 121 cm³/mol. The van der Waals surface area contributed by atoms with Gasteiger partial charge in [0, 0.05) is 30.5 Å². The zero-order valence-corrected chi connectivity index (χ0v) is 19.4. The molecule has 2 saturated heterocycles. The highest BCUT2D eigenvalue weighted by molar-refractivity contribution is 9.10. The number of carbonyl (C=O) groups is 1. The molecule has 1 unspecified atom stereocenters. The van der Waals surface area contributed by atoms with Crippen molar-refractivity contribution in [3.63, 3.8) is 0 Å². The van der Waals surface area contributed by atoms with Crippen LogP contribution in [-0.4, -0.2) is 29.7 Å². The smallest absolute Gasteiger partial charge is 0.411 e. The van der Waals surface area contributed by atoms with Crippen molar-refractivity contribution >= 4 is 22.0 Å². The number of cyclic esters (lactones) is 1. The van der Waals surface area contributed by atoms with E-state index < -0.39 is 5.60 Å². The third-order valence-electron chi connectivity index (χ3n) is 6.60. The number of halogens is 1. The van der Waals surface area contributed by atoms with Crippen molar-refractivity contribution in [1.82, 2.24) is 4.90 Å². The van der Waals surface area contributed by atoms with Crippen LogP contribution >= 0.6 is 15.9 Å². The van der Waals surface area contributed by atoms with Crippen LogP contribution in [-0.2, 0) is 15.1 Å². The Labute approximate surface area is 187 Å². The summed E-state index contributed by atoms with van der Waals surface area (Å²) >= 11 is 3.48. The number of nitrogens with zero attached hydrogens (tertiary/aromatic N) is 1. The van der Waals surface area contributed by atoms with Crippen molar-refractivity contribution in [2.24, 2.45) is 0 Å². The van der Waals surface area contributed by atoms with Crippen LogP contribution < -0.4 is 0 Å². The summed E-state index contributed by atoms with van der Waals surface area (Å²) in [6, 6.07) is 18.3. The van der Waals surface area contributed by atoms with Gasteiger partial charge < -0.3 is 14.4 Å². The predicted octanol–water partition coefficient (Wildman–Crippen LogP) is 6.60. The van der Waals surface area contributed by atoms with Crippen molar-refractivity contribution in [1.29, 1.82) is 0 Å². The Balaban J connectivity index is 1.59. The van der Waals surface area contributed by atoms with E-state index in [1.165, 1.54) is 0 Å². The van der Waals surface area contributed by atoms with Gasteiger partial charge in [0.25, 0.3) is 0 Å². The van der Waals surface area contributed by atoms with Gasteiger partial charge in [-0.2, -0.15) is 0 Å². The molecule has 2 fully saturated rings. The maximum atomic E-state index is 13.3. The van der Waals surface area contributed by atoms with Crippen LogP contribution in [0.3, 0.4) is 0 Å². The van der Waals surface area contributed by atoms with E-state index >= 15 is 0 Å². The fourth-order valence-corrected chi connectivity index (χ4v) is 5.11. The molecule has 2 aromatic carbocycles. The number of hydrogen-bond acceptors (Lipinski definition) is 3. The van der Waals surface area contributed by atoms with Crippen LogP contribution in [0, 0.1) is 0 Å². The zero-order valence-electron chi connectivity index (χ0n) is 17.8. The highest BCUT2D eigenvalue weighted by Gasteiger charge is 2.48. The minimum Gasteiger partial charge on any atom is -0.438 e. The SMILES string of the molecule is C[C@@H](c1ccc(Br)cc1)N1CC[C@](CC2(C)CCCCO2)(c2ccccc2)OC1=O. The molecule has 30 heavy (non-hydrogen) atoms. The standard InChI is InChI=1S/C25H30BrNO3/c1-19(20-10-12-22(26)13-11-20)27-16-15-25(30-23(27)28,21-8-4-3-5-9-21)18-24(2)14-6-7-17-29-24/h3-5,8-13,19H,6-7,14-18H2,1-2H3/t19-,24?,25-/m0/s1. The van der Waals surface area contributed by atoms with Crippen molar-refractivity contribution in [3.8, 4) is 0 Å². The average molecular weight is 472 g/mol. The second-order valence-corrected chi connectivity index (χ2v) is 9.75. The van der Waals surface area contributed by atoms with Crippen molar-refractivity contribution in [2.75, 3.05) is 13.2 Å². The maximum absolute atomic E-state index is 13.3. The normalized spacial score (nSPS) is 28.1. The van der Waals surface area contributed by atoms with Gasteiger partial charge in [0.15, 0.2) is 0 Å². The van der Waals surface area contributed by atoms with E-state index in [-0.39, 0.29) is 17.7 Å².